The van der Waals surface area contributed by atoms with Crippen molar-refractivity contribution in [2.45, 2.75) is 44.6 Å². The first-order valence-corrected chi connectivity index (χ1v) is 8.12. The van der Waals surface area contributed by atoms with Crippen LogP contribution in [-0.4, -0.2) is 29.9 Å². The lowest BCUT2D eigenvalue weighted by molar-refractivity contribution is -0.118. The molecule has 0 aromatic heterocycles. The van der Waals surface area contributed by atoms with E-state index in [0.717, 1.165) is 18.2 Å². The first kappa shape index (κ1) is 14.4. The summed E-state index contributed by atoms with van der Waals surface area (Å²) in [5.41, 5.74) is 7.20. The minimum Gasteiger partial charge on any atom is -0.399 e. The number of nitrogens with one attached hydrogen (secondary N) is 1. The van der Waals surface area contributed by atoms with Gasteiger partial charge in [-0.25, -0.2) is 0 Å². The molecule has 1 saturated heterocycles. The minimum absolute atomic E-state index is 0.0889. The van der Waals surface area contributed by atoms with E-state index in [-0.39, 0.29) is 5.91 Å². The number of piperidine rings is 1. The van der Waals surface area contributed by atoms with Crippen molar-refractivity contribution in [3.8, 4) is 0 Å². The van der Waals surface area contributed by atoms with E-state index in [1.54, 1.807) is 0 Å². The van der Waals surface area contributed by atoms with Crippen LogP contribution in [0.15, 0.2) is 24.3 Å². The van der Waals surface area contributed by atoms with Crippen LogP contribution >= 0.6 is 0 Å². The number of rotatable bonds is 3. The van der Waals surface area contributed by atoms with Gasteiger partial charge in [0.25, 0.3) is 0 Å². The van der Waals surface area contributed by atoms with Crippen molar-refractivity contribution in [1.29, 1.82) is 0 Å². The van der Waals surface area contributed by atoms with Crippen molar-refractivity contribution >= 4 is 17.3 Å². The molecule has 3 rings (SSSR count). The summed E-state index contributed by atoms with van der Waals surface area (Å²) in [6.07, 6.45) is 7.88. The van der Waals surface area contributed by atoms with Gasteiger partial charge in [0.15, 0.2) is 0 Å². The van der Waals surface area contributed by atoms with Gasteiger partial charge in [-0.3, -0.25) is 9.69 Å². The molecule has 3 N–H and O–H groups in total. The lowest BCUT2D eigenvalue weighted by atomic mass is 9.78. The number of hydrogen-bond donors (Lipinski definition) is 2. The van der Waals surface area contributed by atoms with E-state index in [9.17, 15) is 4.79 Å². The Morgan fingerprint density at radius 2 is 1.86 bits per heavy atom. The lowest BCUT2D eigenvalue weighted by Gasteiger charge is -2.43. The van der Waals surface area contributed by atoms with Gasteiger partial charge in [0.2, 0.25) is 5.91 Å². The van der Waals surface area contributed by atoms with Gasteiger partial charge in [0.1, 0.15) is 0 Å². The van der Waals surface area contributed by atoms with E-state index < -0.39 is 0 Å². The van der Waals surface area contributed by atoms with Crippen LogP contribution in [-0.2, 0) is 4.79 Å². The molecule has 4 nitrogen and oxygen atoms in total. The van der Waals surface area contributed by atoms with Crippen LogP contribution < -0.4 is 11.1 Å². The first-order chi connectivity index (χ1) is 10.2. The normalized spacial score (nSPS) is 26.1. The third kappa shape index (κ3) is 3.56. The summed E-state index contributed by atoms with van der Waals surface area (Å²) >= 11 is 0. The van der Waals surface area contributed by atoms with Crippen molar-refractivity contribution in [2.75, 3.05) is 24.1 Å². The summed E-state index contributed by atoms with van der Waals surface area (Å²) in [5.74, 6) is 0.905. The second-order valence-corrected chi connectivity index (χ2v) is 6.39. The summed E-state index contributed by atoms with van der Waals surface area (Å²) in [6, 6.07) is 7.96. The summed E-state index contributed by atoms with van der Waals surface area (Å²) in [4.78, 5) is 14.7. The summed E-state index contributed by atoms with van der Waals surface area (Å²) in [7, 11) is 0. The Bertz CT molecular complexity index is 483. The Morgan fingerprint density at radius 3 is 2.67 bits per heavy atom. The highest BCUT2D eigenvalue weighted by Crippen LogP contribution is 2.35. The van der Waals surface area contributed by atoms with Gasteiger partial charge in [-0.15, -0.1) is 0 Å². The number of benzene rings is 1. The first-order valence-electron chi connectivity index (χ1n) is 8.12. The molecule has 4 heteroatoms. The topological polar surface area (TPSA) is 58.4 Å². The second kappa shape index (κ2) is 6.48. The van der Waals surface area contributed by atoms with Crippen LogP contribution in [0.25, 0.3) is 0 Å². The Labute approximate surface area is 126 Å². The number of nitrogens with two attached hydrogens (primary N) is 1. The fourth-order valence-corrected chi connectivity index (χ4v) is 3.88. The largest absolute Gasteiger partial charge is 0.399 e. The Hall–Kier alpha value is -1.55. The smallest absolute Gasteiger partial charge is 0.238 e. The maximum atomic E-state index is 12.3. The fraction of sp³-hybridized carbons (Fsp3) is 0.588. The molecule has 1 aromatic carbocycles. The molecule has 1 heterocycles. The van der Waals surface area contributed by atoms with E-state index in [1.165, 1.54) is 38.5 Å². The van der Waals surface area contributed by atoms with Gasteiger partial charge >= 0.3 is 0 Å². The molecule has 2 fully saturated rings. The SMILES string of the molecule is Nc1ccc(NC(=O)CN2CCCC3CCCCC32)cc1. The number of fused-ring (bicyclic) bond motifs is 1. The molecule has 1 aliphatic heterocycles. The number of nitrogen functional groups attached to an aromatic ring is 1. The van der Waals surface area contributed by atoms with Crippen molar-refractivity contribution in [1.82, 2.24) is 4.90 Å². The van der Waals surface area contributed by atoms with Crippen LogP contribution in [0.2, 0.25) is 0 Å². The number of nitrogens with zero attached hydrogens (tertiary/aromatic N) is 1. The highest BCUT2D eigenvalue weighted by Gasteiger charge is 2.33. The van der Waals surface area contributed by atoms with Crippen LogP contribution in [0.4, 0.5) is 11.4 Å². The highest BCUT2D eigenvalue weighted by atomic mass is 16.2. The van der Waals surface area contributed by atoms with E-state index in [0.29, 0.717) is 18.3 Å². The molecule has 0 spiro atoms. The zero-order chi connectivity index (χ0) is 14.7. The molecular weight excluding hydrogens is 262 g/mol. The maximum Gasteiger partial charge on any atom is 0.238 e. The molecule has 1 saturated carbocycles. The number of likely N-dealkylation sites (tertiary alicyclic amines) is 1. The van der Waals surface area contributed by atoms with Gasteiger partial charge in [-0.1, -0.05) is 12.8 Å². The minimum atomic E-state index is 0.0889. The van der Waals surface area contributed by atoms with Gasteiger partial charge < -0.3 is 11.1 Å². The average molecular weight is 287 g/mol. The molecule has 0 bridgehead atoms. The number of carbonyl (C=O) groups excluding carboxylic acids is 1. The molecule has 2 atom stereocenters. The highest BCUT2D eigenvalue weighted by molar-refractivity contribution is 5.92. The zero-order valence-corrected chi connectivity index (χ0v) is 12.6. The zero-order valence-electron chi connectivity index (χ0n) is 12.6. The Balaban J connectivity index is 1.57. The van der Waals surface area contributed by atoms with Crippen LogP contribution in [0, 0.1) is 5.92 Å². The van der Waals surface area contributed by atoms with E-state index in [2.05, 4.69) is 10.2 Å². The predicted molar refractivity (Wildman–Crippen MR) is 86.0 cm³/mol. The number of carbonyl (C=O) groups is 1. The van der Waals surface area contributed by atoms with Crippen molar-refractivity contribution in [3.63, 3.8) is 0 Å². The molecule has 114 valence electrons. The van der Waals surface area contributed by atoms with Crippen LogP contribution in [0.1, 0.15) is 38.5 Å². The number of amides is 1. The summed E-state index contributed by atoms with van der Waals surface area (Å²) in [6.45, 7) is 1.59. The van der Waals surface area contributed by atoms with Crippen LogP contribution in [0.3, 0.4) is 0 Å². The van der Waals surface area contributed by atoms with Crippen LogP contribution in [0.5, 0.6) is 0 Å². The van der Waals surface area contributed by atoms with Gasteiger partial charge in [-0.2, -0.15) is 0 Å². The number of hydrogen-bond acceptors (Lipinski definition) is 3. The van der Waals surface area contributed by atoms with Crippen molar-refractivity contribution < 1.29 is 4.79 Å². The molecule has 1 aliphatic carbocycles. The Kier molecular flexibility index (Phi) is 4.44. The van der Waals surface area contributed by atoms with E-state index in [1.807, 2.05) is 24.3 Å². The van der Waals surface area contributed by atoms with Crippen molar-refractivity contribution in [2.24, 2.45) is 5.92 Å². The summed E-state index contributed by atoms with van der Waals surface area (Å²) < 4.78 is 0. The molecule has 21 heavy (non-hydrogen) atoms. The second-order valence-electron chi connectivity index (χ2n) is 6.39. The van der Waals surface area contributed by atoms with E-state index in [4.69, 9.17) is 5.73 Å². The lowest BCUT2D eigenvalue weighted by Crippen LogP contribution is -2.49. The number of anilines is 2. The predicted octanol–water partition coefficient (Wildman–Crippen LogP) is 2.86. The summed E-state index contributed by atoms with van der Waals surface area (Å²) in [5, 5.41) is 2.98. The fourth-order valence-electron chi connectivity index (χ4n) is 3.88. The average Bonchev–Trinajstić information content (AvgIpc) is 2.50. The van der Waals surface area contributed by atoms with Gasteiger partial charge in [0.05, 0.1) is 6.54 Å². The monoisotopic (exact) mass is 287 g/mol. The van der Waals surface area contributed by atoms with Gasteiger partial charge in [0, 0.05) is 17.4 Å². The van der Waals surface area contributed by atoms with Gasteiger partial charge in [-0.05, 0) is 62.4 Å². The van der Waals surface area contributed by atoms with Crippen molar-refractivity contribution in [3.05, 3.63) is 24.3 Å². The third-order valence-corrected chi connectivity index (χ3v) is 4.90. The molecule has 1 aromatic rings. The third-order valence-electron chi connectivity index (χ3n) is 4.90. The van der Waals surface area contributed by atoms with E-state index >= 15 is 0 Å². The molecule has 0 radical (unpaired) electrons. The molecule has 1 amide bonds. The quantitative estimate of drug-likeness (QED) is 0.840. The maximum absolute atomic E-state index is 12.3. The molecule has 2 unspecified atom stereocenters. The molecule has 2 aliphatic rings. The standard InChI is InChI=1S/C17H25N3O/c18-14-7-9-15(10-8-14)19-17(21)12-20-11-3-5-13-4-1-2-6-16(13)20/h7-10,13,16H,1-6,11-12,18H2,(H,19,21). The molecular formula is C17H25N3O. The Morgan fingerprint density at radius 1 is 1.14 bits per heavy atom.